The molecule has 1 aliphatic rings. The monoisotopic (exact) mass is 370 g/mol. The number of rotatable bonds is 5. The molecule has 1 saturated heterocycles. The number of carbonyl (C=O) groups is 1. The molecule has 1 atom stereocenters. The van der Waals surface area contributed by atoms with Gasteiger partial charge in [0.05, 0.1) is 14.2 Å². The average molecular weight is 371 g/mol. The third kappa shape index (κ3) is 3.54. The predicted octanol–water partition coefficient (Wildman–Crippen LogP) is 0.947. The van der Waals surface area contributed by atoms with E-state index in [0.717, 1.165) is 24.3 Å². The van der Waals surface area contributed by atoms with E-state index in [9.17, 15) is 13.2 Å². The summed E-state index contributed by atoms with van der Waals surface area (Å²) in [5.41, 5.74) is 0. The number of ether oxygens (including phenoxy) is 2. The number of hydrogen-bond acceptors (Lipinski definition) is 7. The van der Waals surface area contributed by atoms with Gasteiger partial charge in [0.2, 0.25) is 0 Å². The summed E-state index contributed by atoms with van der Waals surface area (Å²) in [6.45, 7) is 1.41. The lowest BCUT2D eigenvalue weighted by atomic mass is 10.3. The van der Waals surface area contributed by atoms with Crippen LogP contribution in [0.25, 0.3) is 0 Å². The normalized spacial score (nSPS) is 18.1. The van der Waals surface area contributed by atoms with Crippen molar-refractivity contribution in [2.75, 3.05) is 34.4 Å². The number of nitrogens with zero attached hydrogens (tertiary/aromatic N) is 1. The first kappa shape index (κ1) is 19.2. The van der Waals surface area contributed by atoms with E-state index >= 15 is 0 Å². The number of esters is 1. The second-order valence-corrected chi connectivity index (χ2v) is 7.87. The third-order valence-corrected chi connectivity index (χ3v) is 6.93. The van der Waals surface area contributed by atoms with Crippen molar-refractivity contribution in [2.45, 2.75) is 16.7 Å². The van der Waals surface area contributed by atoms with Crippen molar-refractivity contribution < 1.29 is 22.7 Å². The largest absolute Gasteiger partial charge is 0.494 e. The highest BCUT2D eigenvalue weighted by atomic mass is 35.5. The highest BCUT2D eigenvalue weighted by Crippen LogP contribution is 2.36. The molecule has 22 heavy (non-hydrogen) atoms. The predicted molar refractivity (Wildman–Crippen MR) is 85.7 cm³/mol. The van der Waals surface area contributed by atoms with Crippen molar-refractivity contribution in [1.82, 2.24) is 9.62 Å². The summed E-state index contributed by atoms with van der Waals surface area (Å²) in [5.74, 6) is -0.414. The molecular weight excluding hydrogens is 352 g/mol. The van der Waals surface area contributed by atoms with Crippen LogP contribution in [0.3, 0.4) is 0 Å². The minimum atomic E-state index is -3.71. The lowest BCUT2D eigenvalue weighted by molar-refractivity contribution is 0.0606. The van der Waals surface area contributed by atoms with Gasteiger partial charge in [-0.3, -0.25) is 0 Å². The Morgan fingerprint density at radius 2 is 2.14 bits per heavy atom. The maximum absolute atomic E-state index is 12.7. The quantitative estimate of drug-likeness (QED) is 0.777. The van der Waals surface area contributed by atoms with Crippen LogP contribution < -0.4 is 10.1 Å². The van der Waals surface area contributed by atoms with Gasteiger partial charge in [0.15, 0.2) is 9.96 Å². The molecule has 0 aromatic carbocycles. The first-order valence-corrected chi connectivity index (χ1v) is 8.62. The number of sulfonamides is 1. The molecule has 7 nitrogen and oxygen atoms in total. The molecule has 1 aromatic rings. The average Bonchev–Trinajstić information content (AvgIpc) is 3.14. The van der Waals surface area contributed by atoms with E-state index in [1.807, 2.05) is 0 Å². The smallest absolute Gasteiger partial charge is 0.348 e. The zero-order chi connectivity index (χ0) is 15.6. The maximum Gasteiger partial charge on any atom is 0.348 e. The first-order valence-electron chi connectivity index (χ1n) is 6.36. The van der Waals surface area contributed by atoms with Crippen LogP contribution in [-0.2, 0) is 14.8 Å². The zero-order valence-electron chi connectivity index (χ0n) is 12.5. The Hall–Kier alpha value is -0.870. The summed E-state index contributed by atoms with van der Waals surface area (Å²) >= 11 is 0.861. The van der Waals surface area contributed by atoms with E-state index in [2.05, 4.69) is 10.1 Å². The van der Waals surface area contributed by atoms with Crippen LogP contribution in [0.5, 0.6) is 5.75 Å². The van der Waals surface area contributed by atoms with E-state index < -0.39 is 16.0 Å². The van der Waals surface area contributed by atoms with Gasteiger partial charge < -0.3 is 14.8 Å². The van der Waals surface area contributed by atoms with Crippen molar-refractivity contribution in [1.29, 1.82) is 0 Å². The molecule has 1 aromatic heterocycles. The lowest BCUT2D eigenvalue weighted by Crippen LogP contribution is -2.38. The molecule has 0 radical (unpaired) electrons. The number of nitrogens with one attached hydrogen (secondary N) is 1. The molecule has 0 aliphatic carbocycles. The summed E-state index contributed by atoms with van der Waals surface area (Å²) in [6.07, 6.45) is 0.757. The molecule has 126 valence electrons. The minimum absolute atomic E-state index is 0. The molecule has 10 heteroatoms. The van der Waals surface area contributed by atoms with Gasteiger partial charge >= 0.3 is 5.97 Å². The Labute approximate surface area is 140 Å². The van der Waals surface area contributed by atoms with Crippen molar-refractivity contribution in [3.05, 3.63) is 10.9 Å². The summed E-state index contributed by atoms with van der Waals surface area (Å²) in [4.78, 5) is 11.8. The zero-order valence-corrected chi connectivity index (χ0v) is 14.9. The number of methoxy groups -OCH3 is 2. The van der Waals surface area contributed by atoms with Gasteiger partial charge in [-0.05, 0) is 13.0 Å². The van der Waals surface area contributed by atoms with Gasteiger partial charge in [-0.15, -0.1) is 23.7 Å². The minimum Gasteiger partial charge on any atom is -0.494 e. The second kappa shape index (κ2) is 7.60. The number of halogens is 1. The van der Waals surface area contributed by atoms with Crippen molar-refractivity contribution >= 4 is 39.7 Å². The van der Waals surface area contributed by atoms with Gasteiger partial charge in [-0.1, -0.05) is 0 Å². The van der Waals surface area contributed by atoms with E-state index in [-0.39, 0.29) is 33.3 Å². The summed E-state index contributed by atoms with van der Waals surface area (Å²) in [5, 5.41) is 3.13. The fourth-order valence-electron chi connectivity index (χ4n) is 2.16. The Morgan fingerprint density at radius 1 is 1.45 bits per heavy atom. The van der Waals surface area contributed by atoms with Crippen LogP contribution in [0.4, 0.5) is 0 Å². The Morgan fingerprint density at radius 3 is 2.64 bits per heavy atom. The van der Waals surface area contributed by atoms with Crippen molar-refractivity contribution in [3.63, 3.8) is 0 Å². The van der Waals surface area contributed by atoms with Crippen molar-refractivity contribution in [2.24, 2.45) is 0 Å². The van der Waals surface area contributed by atoms with Gasteiger partial charge in [0.1, 0.15) is 4.88 Å². The van der Waals surface area contributed by atoms with E-state index in [0.29, 0.717) is 6.54 Å². The van der Waals surface area contributed by atoms with Gasteiger partial charge in [0, 0.05) is 25.7 Å². The first-order chi connectivity index (χ1) is 9.91. The van der Waals surface area contributed by atoms with Gasteiger partial charge in [-0.25, -0.2) is 13.2 Å². The van der Waals surface area contributed by atoms with Gasteiger partial charge in [0.25, 0.3) is 10.0 Å². The highest BCUT2D eigenvalue weighted by Gasteiger charge is 2.34. The SMILES string of the molecule is COC(=O)c1cc(OC)c(S(=O)(=O)N(C)C2CCNC2)s1.Cl. The Kier molecular flexibility index (Phi) is 6.63. The van der Waals surface area contributed by atoms with Crippen LogP contribution in [0.2, 0.25) is 0 Å². The van der Waals surface area contributed by atoms with Crippen LogP contribution >= 0.6 is 23.7 Å². The van der Waals surface area contributed by atoms with E-state index in [4.69, 9.17) is 4.74 Å². The maximum atomic E-state index is 12.7. The topological polar surface area (TPSA) is 84.9 Å². The molecule has 1 N–H and O–H groups in total. The number of carbonyl (C=O) groups excluding carboxylic acids is 1. The Bertz CT molecular complexity index is 625. The van der Waals surface area contributed by atoms with Crippen LogP contribution in [0.1, 0.15) is 16.1 Å². The molecule has 2 heterocycles. The fourth-order valence-corrected chi connectivity index (χ4v) is 5.21. The fraction of sp³-hybridized carbons (Fsp3) is 0.583. The molecule has 0 saturated carbocycles. The molecule has 1 aliphatic heterocycles. The van der Waals surface area contributed by atoms with E-state index in [1.165, 1.54) is 24.6 Å². The van der Waals surface area contributed by atoms with Crippen LogP contribution in [-0.4, -0.2) is 59.1 Å². The molecule has 1 unspecified atom stereocenters. The molecular formula is C12H19ClN2O5S2. The summed E-state index contributed by atoms with van der Waals surface area (Å²) in [6, 6.07) is 1.30. The molecule has 0 spiro atoms. The summed E-state index contributed by atoms with van der Waals surface area (Å²) in [7, 11) is 0.462. The summed E-state index contributed by atoms with van der Waals surface area (Å²) < 4.78 is 36.5. The molecule has 2 rings (SSSR count). The van der Waals surface area contributed by atoms with Gasteiger partial charge in [-0.2, -0.15) is 4.31 Å². The van der Waals surface area contributed by atoms with Crippen molar-refractivity contribution in [3.8, 4) is 5.75 Å². The standard InChI is InChI=1S/C12H18N2O5S2.ClH/c1-14(8-4-5-13-7-8)21(16,17)12-9(18-2)6-10(20-12)11(15)19-3;/h6,8,13H,4-5,7H2,1-3H3;1H. The lowest BCUT2D eigenvalue weighted by Gasteiger charge is -2.22. The molecule has 0 amide bonds. The Balaban J connectivity index is 0.00000242. The molecule has 0 bridgehead atoms. The number of hydrogen-bond donors (Lipinski definition) is 1. The number of thiophene rings is 1. The van der Waals surface area contributed by atoms with E-state index in [1.54, 1.807) is 7.05 Å². The highest BCUT2D eigenvalue weighted by molar-refractivity contribution is 7.91. The van der Waals surface area contributed by atoms with Crippen LogP contribution in [0.15, 0.2) is 10.3 Å². The second-order valence-electron chi connectivity index (χ2n) is 4.63. The molecule has 1 fully saturated rings. The third-order valence-electron chi connectivity index (χ3n) is 3.43. The number of likely N-dealkylation sites (N-methyl/N-ethyl adjacent to an activating group) is 1. The van der Waals surface area contributed by atoms with Crippen LogP contribution in [0, 0.1) is 0 Å².